The van der Waals surface area contributed by atoms with Crippen LogP contribution in [0.4, 0.5) is 0 Å². The van der Waals surface area contributed by atoms with Crippen LogP contribution in [-0.2, 0) is 17.8 Å². The largest absolute Gasteiger partial charge is 0.370 e. The van der Waals surface area contributed by atoms with Gasteiger partial charge in [-0.2, -0.15) is 0 Å². The van der Waals surface area contributed by atoms with E-state index in [0.29, 0.717) is 12.2 Å². The second-order valence-corrected chi connectivity index (χ2v) is 5.43. The number of benzene rings is 1. The molecule has 1 heterocycles. The molecule has 0 bridgehead atoms. The molecule has 106 valence electrons. The Morgan fingerprint density at radius 2 is 2.05 bits per heavy atom. The highest BCUT2D eigenvalue weighted by Gasteiger charge is 2.11. The molecule has 0 radical (unpaired) electrons. The molecule has 0 spiro atoms. The summed E-state index contributed by atoms with van der Waals surface area (Å²) in [5.41, 5.74) is 6.35. The summed E-state index contributed by atoms with van der Waals surface area (Å²) in [5, 5.41) is 9.31. The normalized spacial score (nSPS) is 10.7. The highest BCUT2D eigenvalue weighted by atomic mass is 32.2. The third-order valence-electron chi connectivity index (χ3n) is 2.89. The van der Waals surface area contributed by atoms with Crippen molar-refractivity contribution in [2.45, 2.75) is 31.5 Å². The molecule has 0 fully saturated rings. The molecule has 5 nitrogen and oxygen atoms in total. The average molecular weight is 290 g/mol. The molecule has 2 aromatic rings. The third-order valence-corrected chi connectivity index (χ3v) is 3.86. The van der Waals surface area contributed by atoms with Crippen molar-refractivity contribution >= 4 is 17.7 Å². The molecule has 0 aliphatic heterocycles. The topological polar surface area (TPSA) is 73.8 Å². The Labute approximate surface area is 122 Å². The number of rotatable bonds is 7. The van der Waals surface area contributed by atoms with E-state index in [1.54, 1.807) is 0 Å². The van der Waals surface area contributed by atoms with Crippen LogP contribution in [0.5, 0.6) is 0 Å². The van der Waals surface area contributed by atoms with Crippen molar-refractivity contribution in [3.63, 3.8) is 0 Å². The van der Waals surface area contributed by atoms with E-state index in [1.807, 2.05) is 18.2 Å². The Balaban J connectivity index is 2.07. The predicted molar refractivity (Wildman–Crippen MR) is 79.5 cm³/mol. The number of primary amides is 1. The summed E-state index contributed by atoms with van der Waals surface area (Å²) in [4.78, 5) is 10.8. The minimum atomic E-state index is -0.287. The molecule has 0 atom stereocenters. The van der Waals surface area contributed by atoms with Gasteiger partial charge >= 0.3 is 0 Å². The SMILES string of the molecule is CCn1c(Cc2ccccc2)nnc1SCCC(N)=O. The summed E-state index contributed by atoms with van der Waals surface area (Å²) in [6.45, 7) is 2.88. The van der Waals surface area contributed by atoms with Crippen LogP contribution in [0.3, 0.4) is 0 Å². The molecule has 1 aromatic heterocycles. The summed E-state index contributed by atoms with van der Waals surface area (Å²) >= 11 is 1.52. The van der Waals surface area contributed by atoms with Crippen molar-refractivity contribution in [1.29, 1.82) is 0 Å². The van der Waals surface area contributed by atoms with Gasteiger partial charge in [0.2, 0.25) is 5.91 Å². The van der Waals surface area contributed by atoms with E-state index in [4.69, 9.17) is 5.73 Å². The lowest BCUT2D eigenvalue weighted by Crippen LogP contribution is -2.11. The van der Waals surface area contributed by atoms with Crippen LogP contribution in [0.25, 0.3) is 0 Å². The summed E-state index contributed by atoms with van der Waals surface area (Å²) < 4.78 is 2.08. The molecule has 2 rings (SSSR count). The maximum atomic E-state index is 10.8. The molecule has 1 aromatic carbocycles. The summed E-state index contributed by atoms with van der Waals surface area (Å²) in [7, 11) is 0. The standard InChI is InChI=1S/C14H18N4OS/c1-2-18-13(10-11-6-4-3-5-7-11)16-17-14(18)20-9-8-12(15)19/h3-7H,2,8-10H2,1H3,(H2,15,19). The van der Waals surface area contributed by atoms with Gasteiger partial charge < -0.3 is 10.3 Å². The van der Waals surface area contributed by atoms with Crippen molar-refractivity contribution in [1.82, 2.24) is 14.8 Å². The van der Waals surface area contributed by atoms with Crippen LogP contribution in [0.15, 0.2) is 35.5 Å². The van der Waals surface area contributed by atoms with Crippen LogP contribution < -0.4 is 5.73 Å². The minimum absolute atomic E-state index is 0.287. The first-order valence-corrected chi connectivity index (χ1v) is 7.56. The second-order valence-electron chi connectivity index (χ2n) is 4.37. The molecule has 0 saturated heterocycles. The number of hydrogen-bond donors (Lipinski definition) is 1. The lowest BCUT2D eigenvalue weighted by molar-refractivity contribution is -0.117. The van der Waals surface area contributed by atoms with Crippen molar-refractivity contribution in [3.05, 3.63) is 41.7 Å². The summed E-state index contributed by atoms with van der Waals surface area (Å²) in [6.07, 6.45) is 1.12. The molecule has 6 heteroatoms. The lowest BCUT2D eigenvalue weighted by Gasteiger charge is -2.06. The van der Waals surface area contributed by atoms with Gasteiger partial charge in [-0.25, -0.2) is 0 Å². The smallest absolute Gasteiger partial charge is 0.218 e. The molecule has 0 aliphatic carbocycles. The Hall–Kier alpha value is -1.82. The fraction of sp³-hybridized carbons (Fsp3) is 0.357. The number of hydrogen-bond acceptors (Lipinski definition) is 4. The average Bonchev–Trinajstić information content (AvgIpc) is 2.81. The zero-order valence-electron chi connectivity index (χ0n) is 11.5. The zero-order chi connectivity index (χ0) is 14.4. The van der Waals surface area contributed by atoms with Crippen molar-refractivity contribution in [2.24, 2.45) is 5.73 Å². The Morgan fingerprint density at radius 3 is 2.70 bits per heavy atom. The molecule has 0 aliphatic rings. The van der Waals surface area contributed by atoms with Crippen LogP contribution >= 0.6 is 11.8 Å². The van der Waals surface area contributed by atoms with Gasteiger partial charge in [-0.15, -0.1) is 10.2 Å². The van der Waals surface area contributed by atoms with Crippen LogP contribution in [0.1, 0.15) is 24.7 Å². The number of nitrogens with zero attached hydrogens (tertiary/aromatic N) is 3. The molecule has 0 unspecified atom stereocenters. The predicted octanol–water partition coefficient (Wildman–Crippen LogP) is 1.86. The van der Waals surface area contributed by atoms with Gasteiger partial charge in [-0.05, 0) is 12.5 Å². The Morgan fingerprint density at radius 1 is 1.30 bits per heavy atom. The molecule has 2 N–H and O–H groups in total. The van der Waals surface area contributed by atoms with Gasteiger partial charge in [0.1, 0.15) is 5.82 Å². The van der Waals surface area contributed by atoms with E-state index >= 15 is 0 Å². The fourth-order valence-electron chi connectivity index (χ4n) is 1.90. The van der Waals surface area contributed by atoms with Crippen molar-refractivity contribution < 1.29 is 4.79 Å². The molecule has 20 heavy (non-hydrogen) atoms. The van der Waals surface area contributed by atoms with E-state index < -0.39 is 0 Å². The third kappa shape index (κ3) is 3.84. The van der Waals surface area contributed by atoms with Gasteiger partial charge in [-0.1, -0.05) is 42.1 Å². The van der Waals surface area contributed by atoms with E-state index in [9.17, 15) is 4.79 Å². The van der Waals surface area contributed by atoms with Gasteiger partial charge in [0.15, 0.2) is 5.16 Å². The van der Waals surface area contributed by atoms with Crippen molar-refractivity contribution in [2.75, 3.05) is 5.75 Å². The van der Waals surface area contributed by atoms with Crippen LogP contribution in [0.2, 0.25) is 0 Å². The molecular weight excluding hydrogens is 272 g/mol. The number of carbonyl (C=O) groups is 1. The highest BCUT2D eigenvalue weighted by molar-refractivity contribution is 7.99. The fourth-order valence-corrected chi connectivity index (χ4v) is 2.87. The number of thioether (sulfide) groups is 1. The van der Waals surface area contributed by atoms with Gasteiger partial charge in [0, 0.05) is 25.1 Å². The first kappa shape index (κ1) is 14.6. The van der Waals surface area contributed by atoms with E-state index in [0.717, 1.165) is 23.9 Å². The van der Waals surface area contributed by atoms with Crippen molar-refractivity contribution in [3.8, 4) is 0 Å². The number of amides is 1. The maximum Gasteiger partial charge on any atom is 0.218 e. The van der Waals surface area contributed by atoms with Gasteiger partial charge in [-0.3, -0.25) is 4.79 Å². The first-order chi connectivity index (χ1) is 9.70. The van der Waals surface area contributed by atoms with Gasteiger partial charge in [0.05, 0.1) is 0 Å². The summed E-state index contributed by atoms with van der Waals surface area (Å²) in [6, 6.07) is 10.2. The first-order valence-electron chi connectivity index (χ1n) is 6.57. The van der Waals surface area contributed by atoms with E-state index in [-0.39, 0.29) is 5.91 Å². The second kappa shape index (κ2) is 7.09. The van der Waals surface area contributed by atoms with E-state index in [2.05, 4.69) is 33.8 Å². The molecular formula is C14H18N4OS. The number of carbonyl (C=O) groups excluding carboxylic acids is 1. The van der Waals surface area contributed by atoms with Gasteiger partial charge in [0.25, 0.3) is 0 Å². The minimum Gasteiger partial charge on any atom is -0.370 e. The lowest BCUT2D eigenvalue weighted by atomic mass is 10.1. The maximum absolute atomic E-state index is 10.8. The quantitative estimate of drug-likeness (QED) is 0.790. The monoisotopic (exact) mass is 290 g/mol. The number of nitrogens with two attached hydrogens (primary N) is 1. The van der Waals surface area contributed by atoms with E-state index in [1.165, 1.54) is 17.3 Å². The Kier molecular flexibility index (Phi) is 5.17. The highest BCUT2D eigenvalue weighted by Crippen LogP contribution is 2.19. The van der Waals surface area contributed by atoms with Crippen LogP contribution in [0, 0.1) is 0 Å². The Bertz CT molecular complexity index is 568. The summed E-state index contributed by atoms with van der Waals surface area (Å²) in [5.74, 6) is 1.29. The zero-order valence-corrected chi connectivity index (χ0v) is 12.3. The van der Waals surface area contributed by atoms with Crippen LogP contribution in [-0.4, -0.2) is 26.4 Å². The molecule has 0 saturated carbocycles. The number of aromatic nitrogens is 3. The molecule has 1 amide bonds.